The second-order valence-corrected chi connectivity index (χ2v) is 5.81. The molecule has 0 saturated carbocycles. The van der Waals surface area contributed by atoms with E-state index in [4.69, 9.17) is 0 Å². The summed E-state index contributed by atoms with van der Waals surface area (Å²) in [5, 5.41) is 2.88. The standard InChI is InChI=1S/C22H20N2O/c1-17-16-21(18(2)24(17)20-13-7-4-8-14-20)22(25)23-15-9-12-19-10-5-3-6-11-19/h3-8,10-11,13-14,16H,15H2,1-2H3,(H,23,25). The Hall–Kier alpha value is -3.25. The Morgan fingerprint density at radius 1 is 1.00 bits per heavy atom. The normalized spacial score (nSPS) is 10.0. The fraction of sp³-hybridized carbons (Fsp3) is 0.136. The van der Waals surface area contributed by atoms with E-state index in [1.54, 1.807) is 0 Å². The van der Waals surface area contributed by atoms with Gasteiger partial charge in [0.2, 0.25) is 0 Å². The van der Waals surface area contributed by atoms with Crippen molar-refractivity contribution < 1.29 is 4.79 Å². The molecule has 0 spiro atoms. The number of nitrogens with one attached hydrogen (secondary N) is 1. The summed E-state index contributed by atoms with van der Waals surface area (Å²) in [5.74, 6) is 5.93. The minimum atomic E-state index is -0.0994. The number of carbonyl (C=O) groups excluding carboxylic acids is 1. The van der Waals surface area contributed by atoms with Crippen molar-refractivity contribution in [1.29, 1.82) is 0 Å². The van der Waals surface area contributed by atoms with E-state index in [1.165, 1.54) is 0 Å². The average Bonchev–Trinajstić information content (AvgIpc) is 2.94. The van der Waals surface area contributed by atoms with E-state index < -0.39 is 0 Å². The highest BCUT2D eigenvalue weighted by atomic mass is 16.1. The Kier molecular flexibility index (Phi) is 5.01. The van der Waals surface area contributed by atoms with Crippen molar-refractivity contribution in [3.8, 4) is 17.5 Å². The van der Waals surface area contributed by atoms with Gasteiger partial charge < -0.3 is 9.88 Å². The van der Waals surface area contributed by atoms with Crippen LogP contribution in [0.1, 0.15) is 27.3 Å². The van der Waals surface area contributed by atoms with E-state index in [2.05, 4.69) is 21.7 Å². The molecule has 3 rings (SSSR count). The van der Waals surface area contributed by atoms with Gasteiger partial charge in [-0.15, -0.1) is 0 Å². The van der Waals surface area contributed by atoms with Crippen molar-refractivity contribution in [2.45, 2.75) is 13.8 Å². The Labute approximate surface area is 148 Å². The maximum absolute atomic E-state index is 12.5. The van der Waals surface area contributed by atoms with Gasteiger partial charge in [-0.25, -0.2) is 0 Å². The van der Waals surface area contributed by atoms with E-state index in [1.807, 2.05) is 80.6 Å². The van der Waals surface area contributed by atoms with Crippen LogP contribution >= 0.6 is 0 Å². The van der Waals surface area contributed by atoms with Crippen LogP contribution in [0.3, 0.4) is 0 Å². The lowest BCUT2D eigenvalue weighted by Crippen LogP contribution is -2.24. The molecule has 25 heavy (non-hydrogen) atoms. The van der Waals surface area contributed by atoms with Gasteiger partial charge in [0.15, 0.2) is 0 Å². The van der Waals surface area contributed by atoms with Gasteiger partial charge in [0.25, 0.3) is 5.91 Å². The SMILES string of the molecule is Cc1cc(C(=O)NCC#Cc2ccccc2)c(C)n1-c1ccccc1. The molecule has 0 radical (unpaired) electrons. The summed E-state index contributed by atoms with van der Waals surface area (Å²) in [6.07, 6.45) is 0. The van der Waals surface area contributed by atoms with E-state index in [-0.39, 0.29) is 5.91 Å². The molecule has 3 heteroatoms. The number of benzene rings is 2. The number of rotatable bonds is 3. The fourth-order valence-electron chi connectivity index (χ4n) is 2.85. The number of hydrogen-bond donors (Lipinski definition) is 1. The number of nitrogens with zero attached hydrogens (tertiary/aromatic N) is 1. The summed E-state index contributed by atoms with van der Waals surface area (Å²) in [6.45, 7) is 4.29. The van der Waals surface area contributed by atoms with Crippen molar-refractivity contribution in [3.05, 3.63) is 89.2 Å². The number of aromatic nitrogens is 1. The van der Waals surface area contributed by atoms with Crippen molar-refractivity contribution >= 4 is 5.91 Å². The van der Waals surface area contributed by atoms with E-state index in [9.17, 15) is 4.79 Å². The lowest BCUT2D eigenvalue weighted by atomic mass is 10.2. The van der Waals surface area contributed by atoms with Gasteiger partial charge in [0.05, 0.1) is 12.1 Å². The van der Waals surface area contributed by atoms with Crippen LogP contribution in [0.4, 0.5) is 0 Å². The van der Waals surface area contributed by atoms with Crippen LogP contribution in [0, 0.1) is 25.7 Å². The van der Waals surface area contributed by atoms with Crippen LogP contribution in [0.25, 0.3) is 5.69 Å². The van der Waals surface area contributed by atoms with Crippen LogP contribution in [0.15, 0.2) is 66.7 Å². The molecule has 3 nitrogen and oxygen atoms in total. The third-order valence-electron chi connectivity index (χ3n) is 4.03. The van der Waals surface area contributed by atoms with Gasteiger partial charge in [0, 0.05) is 22.6 Å². The van der Waals surface area contributed by atoms with Crippen molar-refractivity contribution in [2.24, 2.45) is 0 Å². The first-order chi connectivity index (χ1) is 12.2. The van der Waals surface area contributed by atoms with E-state index >= 15 is 0 Å². The molecule has 0 bridgehead atoms. The molecule has 2 aromatic carbocycles. The first kappa shape index (κ1) is 16.6. The monoisotopic (exact) mass is 328 g/mol. The molecule has 3 aromatic rings. The van der Waals surface area contributed by atoms with Gasteiger partial charge in [0.1, 0.15) is 0 Å². The Morgan fingerprint density at radius 2 is 1.64 bits per heavy atom. The highest BCUT2D eigenvalue weighted by molar-refractivity contribution is 5.96. The molecule has 0 fully saturated rings. The molecule has 0 aliphatic heterocycles. The lowest BCUT2D eigenvalue weighted by molar-refractivity contribution is 0.0958. The molecule has 1 heterocycles. The van der Waals surface area contributed by atoms with Gasteiger partial charge >= 0.3 is 0 Å². The second-order valence-electron chi connectivity index (χ2n) is 5.81. The Bertz CT molecular complexity index is 929. The van der Waals surface area contributed by atoms with Gasteiger partial charge in [-0.1, -0.05) is 48.2 Å². The molecule has 1 amide bonds. The molecular weight excluding hydrogens is 308 g/mol. The Balaban J connectivity index is 1.72. The molecular formula is C22H20N2O. The first-order valence-electron chi connectivity index (χ1n) is 8.23. The van der Waals surface area contributed by atoms with Crippen LogP contribution in [0.5, 0.6) is 0 Å². The molecule has 0 unspecified atom stereocenters. The summed E-state index contributed by atoms with van der Waals surface area (Å²) in [4.78, 5) is 12.5. The second kappa shape index (κ2) is 7.55. The van der Waals surface area contributed by atoms with Crippen LogP contribution in [0.2, 0.25) is 0 Å². The number of aryl methyl sites for hydroxylation is 1. The topological polar surface area (TPSA) is 34.0 Å². The molecule has 0 aliphatic carbocycles. The summed E-state index contributed by atoms with van der Waals surface area (Å²) < 4.78 is 2.09. The smallest absolute Gasteiger partial charge is 0.253 e. The molecule has 0 atom stereocenters. The summed E-state index contributed by atoms with van der Waals surface area (Å²) >= 11 is 0. The number of para-hydroxylation sites is 1. The lowest BCUT2D eigenvalue weighted by Gasteiger charge is -2.09. The minimum absolute atomic E-state index is 0.0994. The summed E-state index contributed by atoms with van der Waals surface area (Å²) in [7, 11) is 0. The van der Waals surface area contributed by atoms with Gasteiger partial charge in [-0.05, 0) is 44.2 Å². The highest BCUT2D eigenvalue weighted by Crippen LogP contribution is 2.20. The summed E-state index contributed by atoms with van der Waals surface area (Å²) in [6, 6.07) is 21.7. The molecule has 124 valence electrons. The van der Waals surface area contributed by atoms with Crippen molar-refractivity contribution in [2.75, 3.05) is 6.54 Å². The predicted octanol–water partition coefficient (Wildman–Crippen LogP) is 3.88. The van der Waals surface area contributed by atoms with Gasteiger partial charge in [-0.3, -0.25) is 4.79 Å². The van der Waals surface area contributed by atoms with Crippen LogP contribution in [-0.4, -0.2) is 17.0 Å². The Morgan fingerprint density at radius 3 is 2.32 bits per heavy atom. The van der Waals surface area contributed by atoms with Crippen molar-refractivity contribution in [3.63, 3.8) is 0 Å². The number of carbonyl (C=O) groups is 1. The fourth-order valence-corrected chi connectivity index (χ4v) is 2.85. The summed E-state index contributed by atoms with van der Waals surface area (Å²) in [5.41, 5.74) is 4.64. The average molecular weight is 328 g/mol. The third-order valence-corrected chi connectivity index (χ3v) is 4.03. The zero-order chi connectivity index (χ0) is 17.6. The molecule has 0 aliphatic rings. The zero-order valence-corrected chi connectivity index (χ0v) is 14.4. The number of amides is 1. The van der Waals surface area contributed by atoms with Crippen LogP contribution in [-0.2, 0) is 0 Å². The van der Waals surface area contributed by atoms with E-state index in [0.29, 0.717) is 12.1 Å². The largest absolute Gasteiger partial charge is 0.341 e. The van der Waals surface area contributed by atoms with Crippen molar-refractivity contribution in [1.82, 2.24) is 9.88 Å². The third kappa shape index (κ3) is 3.81. The highest BCUT2D eigenvalue weighted by Gasteiger charge is 2.15. The zero-order valence-electron chi connectivity index (χ0n) is 14.4. The van der Waals surface area contributed by atoms with Crippen LogP contribution < -0.4 is 5.32 Å². The first-order valence-corrected chi connectivity index (χ1v) is 8.23. The molecule has 0 saturated heterocycles. The maximum Gasteiger partial charge on any atom is 0.253 e. The molecule has 1 aromatic heterocycles. The number of hydrogen-bond acceptors (Lipinski definition) is 1. The van der Waals surface area contributed by atoms with Gasteiger partial charge in [-0.2, -0.15) is 0 Å². The quantitative estimate of drug-likeness (QED) is 0.728. The molecule has 1 N–H and O–H groups in total. The minimum Gasteiger partial charge on any atom is -0.341 e. The van der Waals surface area contributed by atoms with E-state index in [0.717, 1.165) is 22.6 Å². The maximum atomic E-state index is 12.5. The predicted molar refractivity (Wildman–Crippen MR) is 101 cm³/mol.